The van der Waals surface area contributed by atoms with Gasteiger partial charge in [-0.1, -0.05) is 12.1 Å². The minimum absolute atomic E-state index is 0.312. The molecular formula is C13H13FO2. The van der Waals surface area contributed by atoms with Gasteiger partial charge in [-0.2, -0.15) is 0 Å². The highest BCUT2D eigenvalue weighted by molar-refractivity contribution is 5.87. The summed E-state index contributed by atoms with van der Waals surface area (Å²) in [6.07, 6.45) is 5.19. The maximum absolute atomic E-state index is 12.8. The summed E-state index contributed by atoms with van der Waals surface area (Å²) in [5.41, 5.74) is 0.656. The number of ether oxygens (including phenoxy) is 1. The van der Waals surface area contributed by atoms with Crippen molar-refractivity contribution in [2.45, 2.75) is 12.8 Å². The molecule has 84 valence electrons. The zero-order valence-corrected chi connectivity index (χ0v) is 8.86. The van der Waals surface area contributed by atoms with E-state index < -0.39 is 0 Å². The molecule has 2 rings (SSSR count). The summed E-state index contributed by atoms with van der Waals surface area (Å²) in [5, 5.41) is 0. The van der Waals surface area contributed by atoms with Gasteiger partial charge < -0.3 is 4.74 Å². The van der Waals surface area contributed by atoms with Crippen molar-refractivity contribution in [3.63, 3.8) is 0 Å². The average molecular weight is 220 g/mol. The second-order valence-electron chi connectivity index (χ2n) is 3.96. The van der Waals surface area contributed by atoms with Crippen molar-refractivity contribution in [3.05, 3.63) is 41.7 Å². The van der Waals surface area contributed by atoms with Gasteiger partial charge in [-0.3, -0.25) is 0 Å². The summed E-state index contributed by atoms with van der Waals surface area (Å²) in [6, 6.07) is 6.06. The van der Waals surface area contributed by atoms with Crippen molar-refractivity contribution in [2.24, 2.45) is 5.92 Å². The molecule has 0 aromatic heterocycles. The zero-order valence-electron chi connectivity index (χ0n) is 8.86. The van der Waals surface area contributed by atoms with E-state index in [9.17, 15) is 9.18 Å². The van der Waals surface area contributed by atoms with Gasteiger partial charge in [0.05, 0.1) is 6.61 Å². The molecule has 1 aliphatic carbocycles. The minimum Gasteiger partial charge on any atom is -0.462 e. The molecule has 0 bridgehead atoms. The Morgan fingerprint density at radius 3 is 3.00 bits per heavy atom. The number of carbonyl (C=O) groups excluding carboxylic acids is 1. The van der Waals surface area contributed by atoms with E-state index in [0.717, 1.165) is 12.8 Å². The molecule has 0 amide bonds. The summed E-state index contributed by atoms with van der Waals surface area (Å²) in [5.74, 6) is -0.115. The van der Waals surface area contributed by atoms with Crippen LogP contribution in [0.25, 0.3) is 6.08 Å². The summed E-state index contributed by atoms with van der Waals surface area (Å²) in [6.45, 7) is 0.506. The van der Waals surface area contributed by atoms with E-state index >= 15 is 0 Å². The topological polar surface area (TPSA) is 26.3 Å². The van der Waals surface area contributed by atoms with Gasteiger partial charge in [0, 0.05) is 6.08 Å². The molecule has 3 heteroatoms. The Morgan fingerprint density at radius 2 is 2.31 bits per heavy atom. The largest absolute Gasteiger partial charge is 0.462 e. The van der Waals surface area contributed by atoms with Gasteiger partial charge in [0.25, 0.3) is 0 Å². The Balaban J connectivity index is 1.84. The maximum atomic E-state index is 12.8. The first kappa shape index (κ1) is 10.9. The van der Waals surface area contributed by atoms with E-state index in [1.807, 2.05) is 0 Å². The van der Waals surface area contributed by atoms with Crippen molar-refractivity contribution >= 4 is 12.0 Å². The lowest BCUT2D eigenvalue weighted by Gasteiger charge is -1.98. The Hall–Kier alpha value is -1.64. The molecule has 0 saturated heterocycles. The molecule has 16 heavy (non-hydrogen) atoms. The smallest absolute Gasteiger partial charge is 0.330 e. The fraction of sp³-hybridized carbons (Fsp3) is 0.308. The molecule has 0 unspecified atom stereocenters. The van der Waals surface area contributed by atoms with E-state index in [1.165, 1.54) is 18.2 Å². The highest BCUT2D eigenvalue weighted by atomic mass is 19.1. The van der Waals surface area contributed by atoms with Crippen molar-refractivity contribution in [1.82, 2.24) is 0 Å². The van der Waals surface area contributed by atoms with Crippen molar-refractivity contribution in [2.75, 3.05) is 6.61 Å². The van der Waals surface area contributed by atoms with Crippen LogP contribution in [0.3, 0.4) is 0 Å². The molecule has 0 atom stereocenters. The average Bonchev–Trinajstić information content (AvgIpc) is 3.07. The lowest BCUT2D eigenvalue weighted by Crippen LogP contribution is -2.03. The second-order valence-corrected chi connectivity index (χ2v) is 3.96. The highest BCUT2D eigenvalue weighted by Gasteiger charge is 2.22. The predicted molar refractivity (Wildman–Crippen MR) is 59.1 cm³/mol. The van der Waals surface area contributed by atoms with Gasteiger partial charge in [-0.25, -0.2) is 9.18 Å². The Bertz CT molecular complexity index is 408. The van der Waals surface area contributed by atoms with Crippen LogP contribution in [0.1, 0.15) is 18.4 Å². The molecule has 1 aromatic rings. The third-order valence-corrected chi connectivity index (χ3v) is 2.42. The standard InChI is InChI=1S/C13H13FO2/c14-12-3-1-2-10(8-12)6-7-13(15)16-9-11-4-5-11/h1-3,6-8,11H,4-5,9H2. The van der Waals surface area contributed by atoms with E-state index in [2.05, 4.69) is 0 Å². The first-order chi connectivity index (χ1) is 7.74. The van der Waals surface area contributed by atoms with Crippen LogP contribution < -0.4 is 0 Å². The number of benzene rings is 1. The van der Waals surface area contributed by atoms with Gasteiger partial charge >= 0.3 is 5.97 Å². The Kier molecular flexibility index (Phi) is 3.34. The number of rotatable bonds is 4. The van der Waals surface area contributed by atoms with Crippen LogP contribution >= 0.6 is 0 Å². The lowest BCUT2D eigenvalue weighted by atomic mass is 10.2. The minimum atomic E-state index is -0.365. The summed E-state index contributed by atoms with van der Waals surface area (Å²) < 4.78 is 17.8. The van der Waals surface area contributed by atoms with Crippen LogP contribution in [-0.4, -0.2) is 12.6 Å². The van der Waals surface area contributed by atoms with Gasteiger partial charge in [0.1, 0.15) is 5.82 Å². The molecule has 1 saturated carbocycles. The van der Waals surface area contributed by atoms with Gasteiger partial charge in [-0.15, -0.1) is 0 Å². The van der Waals surface area contributed by atoms with Gasteiger partial charge in [-0.05, 0) is 42.5 Å². The molecule has 1 fully saturated rings. The molecule has 0 spiro atoms. The predicted octanol–water partition coefficient (Wildman–Crippen LogP) is 2.79. The number of hydrogen-bond acceptors (Lipinski definition) is 2. The quantitative estimate of drug-likeness (QED) is 0.576. The number of hydrogen-bond donors (Lipinski definition) is 0. The van der Waals surface area contributed by atoms with E-state index in [4.69, 9.17) is 4.74 Å². The first-order valence-corrected chi connectivity index (χ1v) is 5.34. The highest BCUT2D eigenvalue weighted by Crippen LogP contribution is 2.28. The molecule has 0 radical (unpaired) electrons. The third kappa shape index (κ3) is 3.50. The molecular weight excluding hydrogens is 207 g/mol. The van der Waals surface area contributed by atoms with E-state index in [-0.39, 0.29) is 11.8 Å². The molecule has 0 aliphatic heterocycles. The van der Waals surface area contributed by atoms with Crippen LogP contribution in [0.2, 0.25) is 0 Å². The normalized spacial score (nSPS) is 15.3. The van der Waals surface area contributed by atoms with Crippen LogP contribution in [0, 0.1) is 11.7 Å². The van der Waals surface area contributed by atoms with Gasteiger partial charge in [0.2, 0.25) is 0 Å². The molecule has 0 heterocycles. The van der Waals surface area contributed by atoms with Crippen LogP contribution in [-0.2, 0) is 9.53 Å². The lowest BCUT2D eigenvalue weighted by molar-refractivity contribution is -0.138. The fourth-order valence-electron chi connectivity index (χ4n) is 1.31. The summed E-state index contributed by atoms with van der Waals surface area (Å²) >= 11 is 0. The first-order valence-electron chi connectivity index (χ1n) is 5.34. The second kappa shape index (κ2) is 4.92. The van der Waals surface area contributed by atoms with E-state index in [1.54, 1.807) is 18.2 Å². The maximum Gasteiger partial charge on any atom is 0.330 e. The van der Waals surface area contributed by atoms with Crippen LogP contribution in [0.4, 0.5) is 4.39 Å². The molecule has 0 N–H and O–H groups in total. The van der Waals surface area contributed by atoms with Crippen molar-refractivity contribution in [3.8, 4) is 0 Å². The fourth-order valence-corrected chi connectivity index (χ4v) is 1.31. The van der Waals surface area contributed by atoms with Crippen LogP contribution in [0.15, 0.2) is 30.3 Å². The third-order valence-electron chi connectivity index (χ3n) is 2.42. The monoisotopic (exact) mass is 220 g/mol. The summed E-state index contributed by atoms with van der Waals surface area (Å²) in [4.78, 5) is 11.2. The Morgan fingerprint density at radius 1 is 1.50 bits per heavy atom. The number of halogens is 1. The molecule has 1 aromatic carbocycles. The van der Waals surface area contributed by atoms with Gasteiger partial charge in [0.15, 0.2) is 0 Å². The zero-order chi connectivity index (χ0) is 11.4. The number of esters is 1. The molecule has 2 nitrogen and oxygen atoms in total. The van der Waals surface area contributed by atoms with Crippen LogP contribution in [0.5, 0.6) is 0 Å². The Labute approximate surface area is 93.7 Å². The number of carbonyl (C=O) groups is 1. The van der Waals surface area contributed by atoms with Crippen molar-refractivity contribution < 1.29 is 13.9 Å². The SMILES string of the molecule is O=C(C=Cc1cccc(F)c1)OCC1CC1. The summed E-state index contributed by atoms with van der Waals surface area (Å²) in [7, 11) is 0. The molecule has 1 aliphatic rings. The van der Waals surface area contributed by atoms with Crippen molar-refractivity contribution in [1.29, 1.82) is 0 Å². The van der Waals surface area contributed by atoms with E-state index in [0.29, 0.717) is 18.1 Å².